The number of phenols is 1. The van der Waals surface area contributed by atoms with E-state index in [1.54, 1.807) is 16.8 Å². The number of aryl methyl sites for hydroxylation is 1. The smallest absolute Gasteiger partial charge is 0.148 e. The van der Waals surface area contributed by atoms with Crippen LogP contribution in [0.2, 0.25) is 0 Å². The second-order valence-corrected chi connectivity index (χ2v) is 4.29. The van der Waals surface area contributed by atoms with Crippen molar-refractivity contribution in [3.05, 3.63) is 42.1 Å². The molecule has 0 aliphatic rings. The van der Waals surface area contributed by atoms with E-state index >= 15 is 0 Å². The summed E-state index contributed by atoms with van der Waals surface area (Å²) in [6.45, 7) is 2.11. The Balaban J connectivity index is 1.93. The number of aromatic nitrogens is 2. The van der Waals surface area contributed by atoms with Crippen molar-refractivity contribution in [2.75, 3.05) is 5.32 Å². The highest BCUT2D eigenvalue weighted by Crippen LogP contribution is 2.13. The van der Waals surface area contributed by atoms with Crippen LogP contribution in [0, 0.1) is 0 Å². The molecule has 17 heavy (non-hydrogen) atoms. The Morgan fingerprint density at radius 1 is 1.29 bits per heavy atom. The molecule has 2 aromatic rings. The third-order valence-electron chi connectivity index (χ3n) is 2.59. The highest BCUT2D eigenvalue weighted by Gasteiger charge is 2.05. The number of hydrogen-bond donors (Lipinski definition) is 2. The molecule has 0 amide bonds. The van der Waals surface area contributed by atoms with E-state index in [4.69, 9.17) is 0 Å². The largest absolute Gasteiger partial charge is 0.508 e. The van der Waals surface area contributed by atoms with Crippen LogP contribution in [-0.4, -0.2) is 20.9 Å². The van der Waals surface area contributed by atoms with Crippen molar-refractivity contribution in [3.8, 4) is 5.75 Å². The van der Waals surface area contributed by atoms with Crippen molar-refractivity contribution < 1.29 is 5.11 Å². The van der Waals surface area contributed by atoms with Gasteiger partial charge in [0.15, 0.2) is 0 Å². The summed E-state index contributed by atoms with van der Waals surface area (Å²) in [5, 5.41) is 16.8. The zero-order valence-corrected chi connectivity index (χ0v) is 10.1. The standard InChI is InChI=1S/C13H17N3O/c1-10(14-13-7-8-16(2)15-13)9-11-3-5-12(17)6-4-11/h3-8,10,17H,9H2,1-2H3,(H,14,15). The molecule has 4 heteroatoms. The van der Waals surface area contributed by atoms with Crippen LogP contribution in [0.15, 0.2) is 36.5 Å². The highest BCUT2D eigenvalue weighted by atomic mass is 16.3. The summed E-state index contributed by atoms with van der Waals surface area (Å²) in [6.07, 6.45) is 2.81. The quantitative estimate of drug-likeness (QED) is 0.847. The van der Waals surface area contributed by atoms with Crippen molar-refractivity contribution >= 4 is 5.82 Å². The second kappa shape index (κ2) is 4.91. The zero-order chi connectivity index (χ0) is 12.3. The van der Waals surface area contributed by atoms with Gasteiger partial charge in [-0.25, -0.2) is 0 Å². The van der Waals surface area contributed by atoms with E-state index < -0.39 is 0 Å². The third-order valence-corrected chi connectivity index (χ3v) is 2.59. The molecule has 1 aromatic heterocycles. The first kappa shape index (κ1) is 11.5. The Morgan fingerprint density at radius 2 is 2.00 bits per heavy atom. The molecule has 0 spiro atoms. The molecule has 4 nitrogen and oxygen atoms in total. The lowest BCUT2D eigenvalue weighted by atomic mass is 10.1. The molecule has 2 N–H and O–H groups in total. The van der Waals surface area contributed by atoms with Crippen LogP contribution in [0.1, 0.15) is 12.5 Å². The molecule has 0 fully saturated rings. The van der Waals surface area contributed by atoms with Crippen LogP contribution in [0.25, 0.3) is 0 Å². The molecule has 0 radical (unpaired) electrons. The van der Waals surface area contributed by atoms with E-state index in [0.717, 1.165) is 12.2 Å². The van der Waals surface area contributed by atoms with Crippen LogP contribution in [-0.2, 0) is 13.5 Å². The summed E-state index contributed by atoms with van der Waals surface area (Å²) in [7, 11) is 1.90. The van der Waals surface area contributed by atoms with E-state index in [-0.39, 0.29) is 0 Å². The molecule has 1 atom stereocenters. The molecule has 0 saturated heterocycles. The number of rotatable bonds is 4. The van der Waals surface area contributed by atoms with Gasteiger partial charge in [-0.3, -0.25) is 4.68 Å². The van der Waals surface area contributed by atoms with E-state index in [2.05, 4.69) is 17.3 Å². The normalized spacial score (nSPS) is 12.4. The lowest BCUT2D eigenvalue weighted by molar-refractivity contribution is 0.475. The van der Waals surface area contributed by atoms with Gasteiger partial charge in [0.2, 0.25) is 0 Å². The fourth-order valence-corrected chi connectivity index (χ4v) is 1.78. The van der Waals surface area contributed by atoms with Gasteiger partial charge in [0, 0.05) is 25.4 Å². The molecule has 0 saturated carbocycles. The molecule has 0 aliphatic carbocycles. The Bertz CT molecular complexity index is 476. The second-order valence-electron chi connectivity index (χ2n) is 4.29. The fourth-order valence-electron chi connectivity index (χ4n) is 1.78. The van der Waals surface area contributed by atoms with E-state index in [0.29, 0.717) is 11.8 Å². The van der Waals surface area contributed by atoms with Crippen molar-refractivity contribution in [3.63, 3.8) is 0 Å². The fraction of sp³-hybridized carbons (Fsp3) is 0.308. The zero-order valence-electron chi connectivity index (χ0n) is 10.1. The summed E-state index contributed by atoms with van der Waals surface area (Å²) >= 11 is 0. The molecule has 2 rings (SSSR count). The lowest BCUT2D eigenvalue weighted by Crippen LogP contribution is -2.18. The number of benzene rings is 1. The van der Waals surface area contributed by atoms with Crippen LogP contribution in [0.3, 0.4) is 0 Å². The maximum Gasteiger partial charge on any atom is 0.148 e. The van der Waals surface area contributed by atoms with Crippen molar-refractivity contribution in [1.82, 2.24) is 9.78 Å². The molecule has 0 aliphatic heterocycles. The highest BCUT2D eigenvalue weighted by molar-refractivity contribution is 5.34. The summed E-state index contributed by atoms with van der Waals surface area (Å²) < 4.78 is 1.77. The number of phenolic OH excluding ortho intramolecular Hbond substituents is 1. The number of nitrogens with one attached hydrogen (secondary N) is 1. The third kappa shape index (κ3) is 3.24. The summed E-state index contributed by atoms with van der Waals surface area (Å²) in [5.41, 5.74) is 1.19. The number of aromatic hydroxyl groups is 1. The number of anilines is 1. The van der Waals surface area contributed by atoms with Gasteiger partial charge in [0.25, 0.3) is 0 Å². The molecular formula is C13H17N3O. The van der Waals surface area contributed by atoms with Crippen LogP contribution in [0.4, 0.5) is 5.82 Å². The molecular weight excluding hydrogens is 214 g/mol. The number of nitrogens with zero attached hydrogens (tertiary/aromatic N) is 2. The summed E-state index contributed by atoms with van der Waals surface area (Å²) in [6, 6.07) is 9.55. The minimum atomic E-state index is 0.300. The number of hydrogen-bond acceptors (Lipinski definition) is 3. The van der Waals surface area contributed by atoms with Crippen molar-refractivity contribution in [2.45, 2.75) is 19.4 Å². The van der Waals surface area contributed by atoms with E-state index in [1.807, 2.05) is 31.4 Å². The first-order chi connectivity index (χ1) is 8.13. The first-order valence-corrected chi connectivity index (χ1v) is 5.67. The molecule has 1 aromatic carbocycles. The summed E-state index contributed by atoms with van der Waals surface area (Å²) in [5.74, 6) is 1.19. The van der Waals surface area contributed by atoms with Gasteiger partial charge in [-0.05, 0) is 31.0 Å². The minimum absolute atomic E-state index is 0.300. The SMILES string of the molecule is CC(Cc1ccc(O)cc1)Nc1ccn(C)n1. The Kier molecular flexibility index (Phi) is 3.32. The van der Waals surface area contributed by atoms with Crippen molar-refractivity contribution in [1.29, 1.82) is 0 Å². The predicted molar refractivity (Wildman–Crippen MR) is 68.1 cm³/mol. The minimum Gasteiger partial charge on any atom is -0.508 e. The van der Waals surface area contributed by atoms with Crippen LogP contribution in [0.5, 0.6) is 5.75 Å². The summed E-state index contributed by atoms with van der Waals surface area (Å²) in [4.78, 5) is 0. The van der Waals surface area contributed by atoms with Gasteiger partial charge in [-0.2, -0.15) is 5.10 Å². The van der Waals surface area contributed by atoms with Gasteiger partial charge in [0.05, 0.1) is 0 Å². The Labute approximate surface area is 101 Å². The molecule has 1 unspecified atom stereocenters. The van der Waals surface area contributed by atoms with Gasteiger partial charge < -0.3 is 10.4 Å². The van der Waals surface area contributed by atoms with Gasteiger partial charge in [-0.1, -0.05) is 12.1 Å². The Hall–Kier alpha value is -1.97. The van der Waals surface area contributed by atoms with Crippen LogP contribution >= 0.6 is 0 Å². The molecule has 90 valence electrons. The van der Waals surface area contributed by atoms with E-state index in [1.165, 1.54) is 5.56 Å². The average molecular weight is 231 g/mol. The lowest BCUT2D eigenvalue weighted by Gasteiger charge is -2.13. The van der Waals surface area contributed by atoms with Crippen molar-refractivity contribution in [2.24, 2.45) is 7.05 Å². The van der Waals surface area contributed by atoms with Gasteiger partial charge in [-0.15, -0.1) is 0 Å². The maximum atomic E-state index is 9.20. The Morgan fingerprint density at radius 3 is 2.59 bits per heavy atom. The average Bonchev–Trinajstić information content (AvgIpc) is 2.67. The maximum absolute atomic E-state index is 9.20. The molecule has 1 heterocycles. The van der Waals surface area contributed by atoms with Gasteiger partial charge in [0.1, 0.15) is 11.6 Å². The van der Waals surface area contributed by atoms with E-state index in [9.17, 15) is 5.11 Å². The predicted octanol–water partition coefficient (Wildman–Crippen LogP) is 2.17. The monoisotopic (exact) mass is 231 g/mol. The topological polar surface area (TPSA) is 50.1 Å². The first-order valence-electron chi connectivity index (χ1n) is 5.67. The van der Waals surface area contributed by atoms with Crippen LogP contribution < -0.4 is 5.32 Å². The van der Waals surface area contributed by atoms with Gasteiger partial charge >= 0.3 is 0 Å². The molecule has 0 bridgehead atoms.